The molecule has 2 rings (SSSR count). The molecule has 96 valence electrons. The number of nitrogens with zero attached hydrogens (tertiary/aromatic N) is 1. The highest BCUT2D eigenvalue weighted by molar-refractivity contribution is 5.29. The molecule has 2 N–H and O–H groups in total. The Morgan fingerprint density at radius 1 is 1.33 bits per heavy atom. The summed E-state index contributed by atoms with van der Waals surface area (Å²) < 4.78 is 0. The lowest BCUT2D eigenvalue weighted by Crippen LogP contribution is -2.24. The molecule has 1 heterocycles. The fourth-order valence-corrected chi connectivity index (χ4v) is 2.09. The Hall–Kier alpha value is -1.61. The van der Waals surface area contributed by atoms with Gasteiger partial charge in [0, 0.05) is 12.4 Å². The maximum Gasteiger partial charge on any atom is 0.127 e. The van der Waals surface area contributed by atoms with E-state index in [4.69, 9.17) is 0 Å². The zero-order chi connectivity index (χ0) is 12.8. The number of aromatic amines is 1. The minimum Gasteiger partial charge on any atom is -0.347 e. The molecule has 0 amide bonds. The quantitative estimate of drug-likeness (QED) is 0.818. The van der Waals surface area contributed by atoms with Crippen LogP contribution >= 0.6 is 0 Å². The first-order chi connectivity index (χ1) is 8.85. The second kappa shape index (κ2) is 6.36. The van der Waals surface area contributed by atoms with E-state index in [-0.39, 0.29) is 6.04 Å². The van der Waals surface area contributed by atoms with Crippen molar-refractivity contribution in [2.75, 3.05) is 6.54 Å². The van der Waals surface area contributed by atoms with Gasteiger partial charge < -0.3 is 10.3 Å². The average Bonchev–Trinajstić information content (AvgIpc) is 2.93. The molecule has 0 bridgehead atoms. The van der Waals surface area contributed by atoms with Gasteiger partial charge in [0.1, 0.15) is 5.82 Å². The van der Waals surface area contributed by atoms with Crippen LogP contribution in [0, 0.1) is 0 Å². The van der Waals surface area contributed by atoms with Gasteiger partial charge in [-0.2, -0.15) is 0 Å². The fraction of sp³-hybridized carbons (Fsp3) is 0.400. The summed E-state index contributed by atoms with van der Waals surface area (Å²) in [4.78, 5) is 7.59. The van der Waals surface area contributed by atoms with Crippen molar-refractivity contribution < 1.29 is 0 Å². The van der Waals surface area contributed by atoms with Crippen LogP contribution in [0.4, 0.5) is 0 Å². The molecule has 0 saturated carbocycles. The number of hydrogen-bond donors (Lipinski definition) is 2. The van der Waals surface area contributed by atoms with Crippen molar-refractivity contribution in [1.82, 2.24) is 15.3 Å². The second-order valence-electron chi connectivity index (χ2n) is 4.46. The molecular formula is C15H21N3. The lowest BCUT2D eigenvalue weighted by atomic mass is 10.0. The zero-order valence-electron chi connectivity index (χ0n) is 11.1. The number of aromatic nitrogens is 2. The Morgan fingerprint density at radius 3 is 2.89 bits per heavy atom. The Balaban J connectivity index is 2.27. The molecule has 0 aliphatic rings. The van der Waals surface area contributed by atoms with E-state index in [1.165, 1.54) is 11.1 Å². The number of hydrogen-bond acceptors (Lipinski definition) is 2. The van der Waals surface area contributed by atoms with Gasteiger partial charge in [-0.15, -0.1) is 0 Å². The number of H-pyrrole nitrogens is 1. The van der Waals surface area contributed by atoms with Crippen LogP contribution in [0.2, 0.25) is 0 Å². The highest BCUT2D eigenvalue weighted by atomic mass is 15.0. The van der Waals surface area contributed by atoms with E-state index >= 15 is 0 Å². The van der Waals surface area contributed by atoms with E-state index < -0.39 is 0 Å². The molecule has 0 radical (unpaired) electrons. The van der Waals surface area contributed by atoms with Crippen molar-refractivity contribution in [3.63, 3.8) is 0 Å². The van der Waals surface area contributed by atoms with Gasteiger partial charge in [0.2, 0.25) is 0 Å². The third-order valence-electron chi connectivity index (χ3n) is 3.08. The molecule has 1 unspecified atom stereocenters. The first-order valence-electron chi connectivity index (χ1n) is 6.66. The predicted octanol–water partition coefficient (Wildman–Crippen LogP) is 3.06. The van der Waals surface area contributed by atoms with Gasteiger partial charge >= 0.3 is 0 Å². The molecule has 3 heteroatoms. The Labute approximate surface area is 109 Å². The molecule has 1 aromatic heterocycles. The van der Waals surface area contributed by atoms with Crippen LogP contribution < -0.4 is 5.32 Å². The molecule has 18 heavy (non-hydrogen) atoms. The third kappa shape index (κ3) is 2.99. The number of benzene rings is 1. The maximum absolute atomic E-state index is 4.38. The van der Waals surface area contributed by atoms with Crippen molar-refractivity contribution in [1.29, 1.82) is 0 Å². The zero-order valence-corrected chi connectivity index (χ0v) is 11.1. The topological polar surface area (TPSA) is 40.7 Å². The van der Waals surface area contributed by atoms with E-state index in [2.05, 4.69) is 53.4 Å². The predicted molar refractivity (Wildman–Crippen MR) is 74.5 cm³/mol. The summed E-state index contributed by atoms with van der Waals surface area (Å²) in [5.74, 6) is 0.983. The number of nitrogens with one attached hydrogen (secondary N) is 2. The molecule has 3 nitrogen and oxygen atoms in total. The van der Waals surface area contributed by atoms with Crippen molar-refractivity contribution in [3.8, 4) is 0 Å². The third-order valence-corrected chi connectivity index (χ3v) is 3.08. The van der Waals surface area contributed by atoms with E-state index in [9.17, 15) is 0 Å². The van der Waals surface area contributed by atoms with Gasteiger partial charge in [-0.25, -0.2) is 4.98 Å². The second-order valence-corrected chi connectivity index (χ2v) is 4.46. The van der Waals surface area contributed by atoms with Gasteiger partial charge in [0.05, 0.1) is 6.04 Å². The Bertz CT molecular complexity index is 462. The molecular weight excluding hydrogens is 222 g/mol. The van der Waals surface area contributed by atoms with Crippen LogP contribution in [-0.4, -0.2) is 16.5 Å². The summed E-state index contributed by atoms with van der Waals surface area (Å²) in [5.41, 5.74) is 2.64. The molecule has 1 aromatic carbocycles. The number of imidazole rings is 1. The maximum atomic E-state index is 4.38. The molecule has 0 fully saturated rings. The van der Waals surface area contributed by atoms with E-state index in [0.29, 0.717) is 0 Å². The van der Waals surface area contributed by atoms with Gasteiger partial charge in [-0.05, 0) is 30.5 Å². The van der Waals surface area contributed by atoms with Crippen LogP contribution in [-0.2, 0) is 6.42 Å². The molecule has 0 aliphatic carbocycles. The molecule has 0 aliphatic heterocycles. The highest BCUT2D eigenvalue weighted by Crippen LogP contribution is 2.20. The molecule has 0 spiro atoms. The summed E-state index contributed by atoms with van der Waals surface area (Å²) in [6, 6.07) is 8.87. The number of rotatable bonds is 6. The first kappa shape index (κ1) is 12.8. The van der Waals surface area contributed by atoms with E-state index in [1.54, 1.807) is 6.20 Å². The summed E-state index contributed by atoms with van der Waals surface area (Å²) in [7, 11) is 0. The lowest BCUT2D eigenvalue weighted by Gasteiger charge is -2.17. The van der Waals surface area contributed by atoms with Crippen molar-refractivity contribution in [2.45, 2.75) is 32.7 Å². The van der Waals surface area contributed by atoms with E-state index in [1.807, 2.05) is 6.20 Å². The largest absolute Gasteiger partial charge is 0.347 e. The average molecular weight is 243 g/mol. The van der Waals surface area contributed by atoms with E-state index in [0.717, 1.165) is 25.2 Å². The summed E-state index contributed by atoms with van der Waals surface area (Å²) in [6.07, 6.45) is 5.86. The fourth-order valence-electron chi connectivity index (χ4n) is 2.09. The molecule has 0 saturated heterocycles. The summed E-state index contributed by atoms with van der Waals surface area (Å²) >= 11 is 0. The van der Waals surface area contributed by atoms with Crippen LogP contribution in [0.15, 0.2) is 36.7 Å². The van der Waals surface area contributed by atoms with Crippen LogP contribution in [0.25, 0.3) is 0 Å². The normalized spacial score (nSPS) is 12.6. The molecule has 2 aromatic rings. The Morgan fingerprint density at radius 2 is 2.22 bits per heavy atom. The number of aryl methyl sites for hydroxylation is 1. The minimum atomic E-state index is 0.159. The monoisotopic (exact) mass is 243 g/mol. The molecule has 1 atom stereocenters. The smallest absolute Gasteiger partial charge is 0.127 e. The Kier molecular flexibility index (Phi) is 4.53. The lowest BCUT2D eigenvalue weighted by molar-refractivity contribution is 0.576. The van der Waals surface area contributed by atoms with Crippen LogP contribution in [0.3, 0.4) is 0 Å². The van der Waals surface area contributed by atoms with Crippen molar-refractivity contribution in [2.24, 2.45) is 0 Å². The van der Waals surface area contributed by atoms with Crippen molar-refractivity contribution >= 4 is 0 Å². The van der Waals surface area contributed by atoms with Crippen molar-refractivity contribution in [3.05, 3.63) is 53.6 Å². The minimum absolute atomic E-state index is 0.159. The first-order valence-corrected chi connectivity index (χ1v) is 6.66. The van der Waals surface area contributed by atoms with Crippen LogP contribution in [0.5, 0.6) is 0 Å². The van der Waals surface area contributed by atoms with Gasteiger partial charge in [0.25, 0.3) is 0 Å². The van der Waals surface area contributed by atoms with Gasteiger partial charge in [0.15, 0.2) is 0 Å². The SMILES string of the molecule is CCCNC(c1cccc(CC)c1)c1ncc[nH]1. The standard InChI is InChI=1S/C15H21N3/c1-3-8-16-14(15-17-9-10-18-15)13-7-5-6-12(4-2)11-13/h5-7,9-11,14,16H,3-4,8H2,1-2H3,(H,17,18). The highest BCUT2D eigenvalue weighted by Gasteiger charge is 2.15. The van der Waals surface area contributed by atoms with Gasteiger partial charge in [-0.3, -0.25) is 0 Å². The summed E-state index contributed by atoms with van der Waals surface area (Å²) in [5, 5.41) is 3.55. The van der Waals surface area contributed by atoms with Gasteiger partial charge in [-0.1, -0.05) is 38.1 Å². The summed E-state index contributed by atoms with van der Waals surface area (Å²) in [6.45, 7) is 5.34. The van der Waals surface area contributed by atoms with Crippen LogP contribution in [0.1, 0.15) is 43.3 Å².